The number of carbonyl (C=O) groups excluding carboxylic acids is 1. The third kappa shape index (κ3) is 3.24. The maximum Gasteiger partial charge on any atom is 0.257 e. The van der Waals surface area contributed by atoms with Crippen LogP contribution in [0.4, 0.5) is 5.69 Å². The molecule has 1 amide bonds. The van der Waals surface area contributed by atoms with Gasteiger partial charge in [-0.05, 0) is 13.0 Å². The highest BCUT2D eigenvalue weighted by molar-refractivity contribution is 5.99. The molecule has 0 spiro atoms. The van der Waals surface area contributed by atoms with Gasteiger partial charge in [0.15, 0.2) is 0 Å². The van der Waals surface area contributed by atoms with Crippen molar-refractivity contribution in [1.82, 2.24) is 14.8 Å². The number of aliphatic hydroxyl groups is 1. The van der Waals surface area contributed by atoms with Crippen molar-refractivity contribution in [3.8, 4) is 0 Å². The summed E-state index contributed by atoms with van der Waals surface area (Å²) in [5.74, 6) is 5.40. The quantitative estimate of drug-likeness (QED) is 0.504. The number of nitrogens with two attached hydrogens (primary N) is 1. The van der Waals surface area contributed by atoms with Crippen LogP contribution in [0.3, 0.4) is 0 Å². The monoisotopic (exact) mass is 279 g/mol. The molecule has 2 heterocycles. The van der Waals surface area contributed by atoms with Crippen LogP contribution in [0.15, 0.2) is 12.3 Å². The van der Waals surface area contributed by atoms with E-state index in [-0.39, 0.29) is 12.5 Å². The predicted molar refractivity (Wildman–Crippen MR) is 76.2 cm³/mol. The van der Waals surface area contributed by atoms with Crippen molar-refractivity contribution in [3.63, 3.8) is 0 Å². The van der Waals surface area contributed by atoms with Crippen LogP contribution >= 0.6 is 0 Å². The third-order valence-electron chi connectivity index (χ3n) is 3.50. The minimum absolute atomic E-state index is 0.0610. The summed E-state index contributed by atoms with van der Waals surface area (Å²) in [4.78, 5) is 20.6. The first-order chi connectivity index (χ1) is 9.65. The van der Waals surface area contributed by atoms with Crippen molar-refractivity contribution in [2.75, 3.05) is 44.8 Å². The molecular weight excluding hydrogens is 258 g/mol. The number of aryl methyl sites for hydroxylation is 1. The molecule has 1 saturated heterocycles. The van der Waals surface area contributed by atoms with Crippen molar-refractivity contribution >= 4 is 11.6 Å². The number of hydrazine groups is 1. The Morgan fingerprint density at radius 2 is 2.15 bits per heavy atom. The molecule has 0 radical (unpaired) electrons. The van der Waals surface area contributed by atoms with Crippen molar-refractivity contribution in [3.05, 3.63) is 23.5 Å². The van der Waals surface area contributed by atoms with E-state index in [0.29, 0.717) is 30.9 Å². The van der Waals surface area contributed by atoms with Crippen LogP contribution in [0.25, 0.3) is 0 Å². The van der Waals surface area contributed by atoms with Gasteiger partial charge in [0.1, 0.15) is 0 Å². The van der Waals surface area contributed by atoms with Crippen molar-refractivity contribution in [1.29, 1.82) is 0 Å². The molecule has 110 valence electrons. The Bertz CT molecular complexity index is 472. The van der Waals surface area contributed by atoms with Crippen LogP contribution in [0, 0.1) is 6.92 Å². The third-order valence-corrected chi connectivity index (χ3v) is 3.50. The number of rotatable bonds is 4. The number of pyridine rings is 1. The second-order valence-electron chi connectivity index (χ2n) is 4.87. The standard InChI is InChI=1S/C13H21N5O2/c1-10-8-12(16-14)11(9-15-10)13(20)18-4-2-17(3-5-18)6-7-19/h8-9,19H,2-7,14H2,1H3,(H,15,16). The van der Waals surface area contributed by atoms with Gasteiger partial charge in [-0.15, -0.1) is 0 Å². The molecular formula is C13H21N5O2. The van der Waals surface area contributed by atoms with E-state index in [9.17, 15) is 4.79 Å². The van der Waals surface area contributed by atoms with E-state index in [2.05, 4.69) is 15.3 Å². The summed E-state index contributed by atoms with van der Waals surface area (Å²) in [5.41, 5.74) is 4.45. The van der Waals surface area contributed by atoms with Crippen LogP contribution in [0.1, 0.15) is 16.1 Å². The number of aromatic nitrogens is 1. The molecule has 0 unspecified atom stereocenters. The number of hydrogen-bond donors (Lipinski definition) is 3. The number of β-amino-alcohol motifs (C(OH)–C–C–N with tert-alkyl or cyclic N) is 1. The lowest BCUT2D eigenvalue weighted by molar-refractivity contribution is 0.0615. The van der Waals surface area contributed by atoms with Gasteiger partial charge in [0, 0.05) is 44.6 Å². The number of amides is 1. The van der Waals surface area contributed by atoms with Crippen LogP contribution in [0.5, 0.6) is 0 Å². The number of piperazine rings is 1. The number of nitrogens with zero attached hydrogens (tertiary/aromatic N) is 3. The fourth-order valence-corrected chi connectivity index (χ4v) is 2.34. The molecule has 0 atom stereocenters. The molecule has 0 bridgehead atoms. The normalized spacial score (nSPS) is 16.2. The molecule has 1 aliphatic heterocycles. The largest absolute Gasteiger partial charge is 0.395 e. The number of anilines is 1. The smallest absolute Gasteiger partial charge is 0.257 e. The second-order valence-corrected chi connectivity index (χ2v) is 4.87. The molecule has 4 N–H and O–H groups in total. The van der Waals surface area contributed by atoms with E-state index < -0.39 is 0 Å². The van der Waals surface area contributed by atoms with Gasteiger partial charge in [-0.3, -0.25) is 20.5 Å². The SMILES string of the molecule is Cc1cc(NN)c(C(=O)N2CCN(CCO)CC2)cn1. The maximum atomic E-state index is 12.5. The zero-order chi connectivity index (χ0) is 14.5. The zero-order valence-corrected chi connectivity index (χ0v) is 11.7. The second kappa shape index (κ2) is 6.65. The molecule has 0 saturated carbocycles. The lowest BCUT2D eigenvalue weighted by atomic mass is 10.1. The predicted octanol–water partition coefficient (Wildman–Crippen LogP) is -0.574. The topological polar surface area (TPSA) is 94.7 Å². The first-order valence-electron chi connectivity index (χ1n) is 6.71. The van der Waals surface area contributed by atoms with Crippen LogP contribution in [-0.2, 0) is 0 Å². The zero-order valence-electron chi connectivity index (χ0n) is 11.7. The number of aliphatic hydroxyl groups excluding tert-OH is 1. The Hall–Kier alpha value is -1.70. The number of nitrogens with one attached hydrogen (secondary N) is 1. The number of nitrogen functional groups attached to an aromatic ring is 1. The molecule has 1 fully saturated rings. The summed E-state index contributed by atoms with van der Waals surface area (Å²) in [7, 11) is 0. The van der Waals surface area contributed by atoms with E-state index >= 15 is 0 Å². The molecule has 7 nitrogen and oxygen atoms in total. The fraction of sp³-hybridized carbons (Fsp3) is 0.538. The van der Waals surface area contributed by atoms with Crippen LogP contribution in [-0.4, -0.2) is 65.1 Å². The fourth-order valence-electron chi connectivity index (χ4n) is 2.34. The summed E-state index contributed by atoms with van der Waals surface area (Å²) < 4.78 is 0. The summed E-state index contributed by atoms with van der Waals surface area (Å²) in [6, 6.07) is 1.76. The van der Waals surface area contributed by atoms with Crippen molar-refractivity contribution in [2.45, 2.75) is 6.92 Å². The van der Waals surface area contributed by atoms with Crippen LogP contribution in [0.2, 0.25) is 0 Å². The summed E-state index contributed by atoms with van der Waals surface area (Å²) in [6.07, 6.45) is 1.56. The van der Waals surface area contributed by atoms with E-state index in [1.807, 2.05) is 6.92 Å². The average Bonchev–Trinajstić information content (AvgIpc) is 2.47. The molecule has 0 aliphatic carbocycles. The van der Waals surface area contributed by atoms with Gasteiger partial charge < -0.3 is 15.4 Å². The first-order valence-corrected chi connectivity index (χ1v) is 6.71. The highest BCUT2D eigenvalue weighted by atomic mass is 16.3. The molecule has 1 aromatic heterocycles. The Labute approximate surface area is 118 Å². The Balaban J connectivity index is 2.05. The maximum absolute atomic E-state index is 12.5. The van der Waals surface area contributed by atoms with E-state index in [1.165, 1.54) is 0 Å². The number of hydrogen-bond acceptors (Lipinski definition) is 6. The van der Waals surface area contributed by atoms with E-state index in [4.69, 9.17) is 10.9 Å². The Morgan fingerprint density at radius 3 is 2.75 bits per heavy atom. The highest BCUT2D eigenvalue weighted by Gasteiger charge is 2.23. The van der Waals surface area contributed by atoms with E-state index in [0.717, 1.165) is 18.8 Å². The minimum atomic E-state index is -0.0610. The van der Waals surface area contributed by atoms with Crippen LogP contribution < -0.4 is 11.3 Å². The molecule has 0 aromatic carbocycles. The average molecular weight is 279 g/mol. The molecule has 1 aliphatic rings. The lowest BCUT2D eigenvalue weighted by Gasteiger charge is -2.34. The molecule has 2 rings (SSSR count). The van der Waals surface area contributed by atoms with Gasteiger partial charge in [-0.2, -0.15) is 0 Å². The van der Waals surface area contributed by atoms with Gasteiger partial charge in [0.2, 0.25) is 0 Å². The van der Waals surface area contributed by atoms with Gasteiger partial charge >= 0.3 is 0 Å². The van der Waals surface area contributed by atoms with Gasteiger partial charge in [-0.25, -0.2) is 0 Å². The van der Waals surface area contributed by atoms with E-state index in [1.54, 1.807) is 17.2 Å². The summed E-state index contributed by atoms with van der Waals surface area (Å²) in [5, 5.41) is 8.91. The molecule has 20 heavy (non-hydrogen) atoms. The Kier molecular flexibility index (Phi) is 4.89. The van der Waals surface area contributed by atoms with Gasteiger partial charge in [-0.1, -0.05) is 0 Å². The van der Waals surface area contributed by atoms with Crippen molar-refractivity contribution < 1.29 is 9.90 Å². The first kappa shape index (κ1) is 14.7. The summed E-state index contributed by atoms with van der Waals surface area (Å²) in [6.45, 7) is 5.50. The van der Waals surface area contributed by atoms with Crippen molar-refractivity contribution in [2.24, 2.45) is 5.84 Å². The molecule has 7 heteroatoms. The minimum Gasteiger partial charge on any atom is -0.395 e. The lowest BCUT2D eigenvalue weighted by Crippen LogP contribution is -2.49. The highest BCUT2D eigenvalue weighted by Crippen LogP contribution is 2.17. The Morgan fingerprint density at radius 1 is 1.45 bits per heavy atom. The summed E-state index contributed by atoms with van der Waals surface area (Å²) >= 11 is 0. The van der Waals surface area contributed by atoms with Gasteiger partial charge in [0.05, 0.1) is 17.9 Å². The van der Waals surface area contributed by atoms with Gasteiger partial charge in [0.25, 0.3) is 5.91 Å². The number of carbonyl (C=O) groups is 1. The molecule has 1 aromatic rings.